The smallest absolute Gasteiger partial charge is 0.0446 e. The van der Waals surface area contributed by atoms with Crippen molar-refractivity contribution in [3.63, 3.8) is 0 Å². The van der Waals surface area contributed by atoms with Gasteiger partial charge >= 0.3 is 0 Å². The highest BCUT2D eigenvalue weighted by Crippen LogP contribution is 2.33. The van der Waals surface area contributed by atoms with Gasteiger partial charge in [-0.1, -0.05) is 6.07 Å². The molecule has 0 aliphatic rings. The van der Waals surface area contributed by atoms with Gasteiger partial charge < -0.3 is 5.32 Å². The molecule has 0 aliphatic carbocycles. The second-order valence-corrected chi connectivity index (χ2v) is 5.25. The summed E-state index contributed by atoms with van der Waals surface area (Å²) in [5, 5.41) is 5.37. The van der Waals surface area contributed by atoms with Gasteiger partial charge in [0, 0.05) is 20.7 Å². The first-order chi connectivity index (χ1) is 6.81. The summed E-state index contributed by atoms with van der Waals surface area (Å²) in [4.78, 5) is 4.14. The van der Waals surface area contributed by atoms with Crippen LogP contribution >= 0.6 is 22.7 Å². The van der Waals surface area contributed by atoms with E-state index < -0.39 is 0 Å². The lowest BCUT2D eigenvalue weighted by atomic mass is 10.3. The molecule has 0 aliphatic heterocycles. The molecule has 2 aromatic rings. The van der Waals surface area contributed by atoms with Crippen molar-refractivity contribution in [3.8, 4) is 9.75 Å². The monoisotopic (exact) mass is 223 g/mol. The molecule has 0 saturated carbocycles. The van der Waals surface area contributed by atoms with Crippen molar-refractivity contribution in [3.05, 3.63) is 34.5 Å². The molecule has 0 radical (unpaired) electrons. The Labute approximate surface area is 92.4 Å². The third-order valence-electron chi connectivity index (χ3n) is 2.25. The van der Waals surface area contributed by atoms with Crippen LogP contribution in [0.4, 0.5) is 0 Å². The van der Waals surface area contributed by atoms with E-state index in [4.69, 9.17) is 0 Å². The minimum Gasteiger partial charge on any atom is -0.313 e. The molecule has 0 amide bonds. The van der Waals surface area contributed by atoms with Crippen LogP contribution in [0.2, 0.25) is 0 Å². The molecule has 0 fully saturated rings. The van der Waals surface area contributed by atoms with Gasteiger partial charge in [-0.3, -0.25) is 0 Å². The Hall–Kier alpha value is -0.640. The standard InChI is InChI=1S/C11H13NS2/c1-8(12-2)9-5-6-11(14-9)10-4-3-7-13-10/h3-8,12H,1-2H3/t8-/m1/s1. The van der Waals surface area contributed by atoms with Gasteiger partial charge in [0.2, 0.25) is 0 Å². The van der Waals surface area contributed by atoms with Gasteiger partial charge in [0.05, 0.1) is 0 Å². The van der Waals surface area contributed by atoms with Crippen molar-refractivity contribution in [2.45, 2.75) is 13.0 Å². The first-order valence-electron chi connectivity index (χ1n) is 4.62. The Balaban J connectivity index is 2.26. The Morgan fingerprint density at radius 1 is 1.21 bits per heavy atom. The molecule has 2 aromatic heterocycles. The summed E-state index contributed by atoms with van der Waals surface area (Å²) in [6.45, 7) is 2.18. The van der Waals surface area contributed by atoms with Crippen molar-refractivity contribution in [2.24, 2.45) is 0 Å². The third kappa shape index (κ3) is 1.90. The topological polar surface area (TPSA) is 12.0 Å². The van der Waals surface area contributed by atoms with Crippen LogP contribution in [0.3, 0.4) is 0 Å². The lowest BCUT2D eigenvalue weighted by molar-refractivity contribution is 0.664. The maximum absolute atomic E-state index is 3.25. The van der Waals surface area contributed by atoms with Gasteiger partial charge in [-0.05, 0) is 37.6 Å². The second kappa shape index (κ2) is 4.26. The van der Waals surface area contributed by atoms with Gasteiger partial charge in [0.15, 0.2) is 0 Å². The first kappa shape index (κ1) is 9.90. The summed E-state index contributed by atoms with van der Waals surface area (Å²) < 4.78 is 0. The largest absolute Gasteiger partial charge is 0.313 e. The molecule has 1 atom stereocenters. The maximum Gasteiger partial charge on any atom is 0.0446 e. The molecule has 14 heavy (non-hydrogen) atoms. The Morgan fingerprint density at radius 3 is 2.71 bits per heavy atom. The van der Waals surface area contributed by atoms with Crippen molar-refractivity contribution in [1.82, 2.24) is 5.32 Å². The van der Waals surface area contributed by atoms with E-state index in [1.807, 2.05) is 18.4 Å². The van der Waals surface area contributed by atoms with Crippen molar-refractivity contribution in [2.75, 3.05) is 7.05 Å². The quantitative estimate of drug-likeness (QED) is 0.835. The van der Waals surface area contributed by atoms with Crippen LogP contribution in [0.5, 0.6) is 0 Å². The molecule has 1 N–H and O–H groups in total. The number of hydrogen-bond donors (Lipinski definition) is 1. The van der Waals surface area contributed by atoms with Gasteiger partial charge in [0.1, 0.15) is 0 Å². The van der Waals surface area contributed by atoms with Crippen molar-refractivity contribution < 1.29 is 0 Å². The van der Waals surface area contributed by atoms with Crippen LogP contribution in [0.1, 0.15) is 17.8 Å². The van der Waals surface area contributed by atoms with Crippen LogP contribution in [-0.2, 0) is 0 Å². The fourth-order valence-corrected chi connectivity index (χ4v) is 3.18. The van der Waals surface area contributed by atoms with Crippen LogP contribution in [0.15, 0.2) is 29.6 Å². The van der Waals surface area contributed by atoms with Crippen LogP contribution in [0.25, 0.3) is 9.75 Å². The molecule has 1 nitrogen and oxygen atoms in total. The normalized spacial score (nSPS) is 13.0. The average molecular weight is 223 g/mol. The zero-order chi connectivity index (χ0) is 9.97. The lowest BCUT2D eigenvalue weighted by Gasteiger charge is -2.05. The fraction of sp³-hybridized carbons (Fsp3) is 0.273. The SMILES string of the molecule is CN[C@H](C)c1ccc(-c2cccs2)s1. The zero-order valence-electron chi connectivity index (χ0n) is 8.28. The van der Waals surface area contributed by atoms with Gasteiger partial charge in [-0.25, -0.2) is 0 Å². The number of thiophene rings is 2. The minimum absolute atomic E-state index is 0.453. The van der Waals surface area contributed by atoms with E-state index in [1.54, 1.807) is 11.3 Å². The Morgan fingerprint density at radius 2 is 2.07 bits per heavy atom. The summed E-state index contributed by atoms with van der Waals surface area (Å²) in [6, 6.07) is 9.14. The molecule has 0 unspecified atom stereocenters. The van der Waals surface area contributed by atoms with Crippen LogP contribution in [0, 0.1) is 0 Å². The van der Waals surface area contributed by atoms with E-state index in [1.165, 1.54) is 14.6 Å². The predicted octanol–water partition coefficient (Wildman–Crippen LogP) is 3.76. The average Bonchev–Trinajstić information content (AvgIpc) is 2.86. The molecule has 3 heteroatoms. The second-order valence-electron chi connectivity index (χ2n) is 3.19. The zero-order valence-corrected chi connectivity index (χ0v) is 9.91. The fourth-order valence-electron chi connectivity index (χ4n) is 1.28. The maximum atomic E-state index is 3.25. The van der Waals surface area contributed by atoms with E-state index in [2.05, 4.69) is 41.9 Å². The van der Waals surface area contributed by atoms with E-state index in [0.717, 1.165) is 0 Å². The molecular weight excluding hydrogens is 210 g/mol. The minimum atomic E-state index is 0.453. The van der Waals surface area contributed by atoms with Gasteiger partial charge in [-0.15, -0.1) is 22.7 Å². The summed E-state index contributed by atoms with van der Waals surface area (Å²) in [7, 11) is 2.00. The molecule has 0 bridgehead atoms. The van der Waals surface area contributed by atoms with Crippen molar-refractivity contribution in [1.29, 1.82) is 0 Å². The number of rotatable bonds is 3. The molecule has 2 rings (SSSR count). The number of nitrogens with one attached hydrogen (secondary N) is 1. The summed E-state index contributed by atoms with van der Waals surface area (Å²) in [6.07, 6.45) is 0. The number of hydrogen-bond acceptors (Lipinski definition) is 3. The predicted molar refractivity (Wildman–Crippen MR) is 65.1 cm³/mol. The Bertz CT molecular complexity index is 389. The highest BCUT2D eigenvalue weighted by atomic mass is 32.1. The highest BCUT2D eigenvalue weighted by molar-refractivity contribution is 7.21. The van der Waals surface area contributed by atoms with E-state index >= 15 is 0 Å². The summed E-state index contributed by atoms with van der Waals surface area (Å²) >= 11 is 3.67. The summed E-state index contributed by atoms with van der Waals surface area (Å²) in [5.41, 5.74) is 0. The first-order valence-corrected chi connectivity index (χ1v) is 6.31. The molecular formula is C11H13NS2. The third-order valence-corrected chi connectivity index (χ3v) is 4.58. The van der Waals surface area contributed by atoms with Crippen LogP contribution in [-0.4, -0.2) is 7.05 Å². The molecule has 0 aromatic carbocycles. The molecule has 0 spiro atoms. The van der Waals surface area contributed by atoms with Crippen molar-refractivity contribution >= 4 is 22.7 Å². The summed E-state index contributed by atoms with van der Waals surface area (Å²) in [5.74, 6) is 0. The Kier molecular flexibility index (Phi) is 3.01. The molecule has 0 saturated heterocycles. The highest BCUT2D eigenvalue weighted by Gasteiger charge is 2.07. The van der Waals surface area contributed by atoms with E-state index in [-0.39, 0.29) is 0 Å². The van der Waals surface area contributed by atoms with Crippen LogP contribution < -0.4 is 5.32 Å². The van der Waals surface area contributed by atoms with E-state index in [0.29, 0.717) is 6.04 Å². The molecule has 74 valence electrons. The van der Waals surface area contributed by atoms with E-state index in [9.17, 15) is 0 Å². The lowest BCUT2D eigenvalue weighted by Crippen LogP contribution is -2.10. The van der Waals surface area contributed by atoms with Gasteiger partial charge in [-0.2, -0.15) is 0 Å². The van der Waals surface area contributed by atoms with Gasteiger partial charge in [0.25, 0.3) is 0 Å². The molecule has 2 heterocycles.